The monoisotopic (exact) mass is 872 g/mol. The fourth-order valence-corrected chi connectivity index (χ4v) is 9.52. The number of aromatic nitrogens is 1. The van der Waals surface area contributed by atoms with Crippen LogP contribution in [0.3, 0.4) is 0 Å². The molecule has 3 aromatic carbocycles. The van der Waals surface area contributed by atoms with Crippen molar-refractivity contribution in [2.45, 2.75) is 43.6 Å². The highest BCUT2D eigenvalue weighted by Gasteiger charge is 2.71. The van der Waals surface area contributed by atoms with Gasteiger partial charge in [-0.2, -0.15) is 18.2 Å². The number of alkyl halides is 6. The number of imide groups is 2. The summed E-state index contributed by atoms with van der Waals surface area (Å²) in [5.74, 6) is -11.8. The highest BCUT2D eigenvalue weighted by Crippen LogP contribution is 2.65. The van der Waals surface area contributed by atoms with Gasteiger partial charge in [0, 0.05) is 28.3 Å². The Bertz CT molecular complexity index is 2530. The van der Waals surface area contributed by atoms with Gasteiger partial charge in [-0.25, -0.2) is 4.98 Å². The number of aromatic hydroxyl groups is 1. The summed E-state index contributed by atoms with van der Waals surface area (Å²) in [5, 5.41) is 11.6. The third-order valence-corrected chi connectivity index (χ3v) is 12.2. The SMILES string of the molecule is CC(=O)c1ccc(N2C(=O)[C@H]3[C@H](CC=C4[C@H]3C[C@H]3C(=O)N(Nc5ncc(C(F)(F)F)cc5Cl)C(=O)[C@@]3(c3ccc(Cl)cc3)[C@H]4c3cc(OC(F)(F)F)ccc3O)C2=O)cc1. The lowest BCUT2D eigenvalue weighted by atomic mass is 9.49. The van der Waals surface area contributed by atoms with Gasteiger partial charge in [-0.15, -0.1) is 13.2 Å². The van der Waals surface area contributed by atoms with Crippen molar-refractivity contribution >= 4 is 64.1 Å². The summed E-state index contributed by atoms with van der Waals surface area (Å²) in [6, 6.07) is 14.5. The lowest BCUT2D eigenvalue weighted by molar-refractivity contribution is -0.274. The second-order valence-electron chi connectivity index (χ2n) is 14.8. The molecule has 4 aromatic rings. The van der Waals surface area contributed by atoms with Crippen molar-refractivity contribution in [1.82, 2.24) is 9.99 Å². The van der Waals surface area contributed by atoms with E-state index in [-0.39, 0.29) is 46.0 Å². The van der Waals surface area contributed by atoms with Crippen molar-refractivity contribution in [2.24, 2.45) is 23.7 Å². The molecule has 0 unspecified atom stereocenters. The van der Waals surface area contributed by atoms with E-state index in [0.717, 1.165) is 23.1 Å². The van der Waals surface area contributed by atoms with Crippen molar-refractivity contribution in [3.05, 3.63) is 123 Å². The Labute approximate surface area is 345 Å². The Balaban J connectivity index is 1.32. The van der Waals surface area contributed by atoms with Crippen molar-refractivity contribution in [3.8, 4) is 11.5 Å². The normalized spacial score (nSPS) is 25.1. The molecule has 6 atom stereocenters. The predicted molar refractivity (Wildman–Crippen MR) is 201 cm³/mol. The number of fused-ring (bicyclic) bond motifs is 4. The molecule has 0 radical (unpaired) electrons. The number of hydrogen-bond acceptors (Lipinski definition) is 9. The molecule has 4 aliphatic rings. The van der Waals surface area contributed by atoms with E-state index in [1.807, 2.05) is 0 Å². The smallest absolute Gasteiger partial charge is 0.508 e. The molecule has 4 amide bonds. The predicted octanol–water partition coefficient (Wildman–Crippen LogP) is 8.40. The number of rotatable bonds is 7. The Morgan fingerprint density at radius 1 is 0.900 bits per heavy atom. The highest BCUT2D eigenvalue weighted by molar-refractivity contribution is 6.33. The maximum Gasteiger partial charge on any atom is 0.573 e. The zero-order valence-electron chi connectivity index (χ0n) is 30.6. The first-order valence-corrected chi connectivity index (χ1v) is 18.9. The molecule has 0 spiro atoms. The van der Waals surface area contributed by atoms with E-state index in [1.165, 1.54) is 55.5 Å². The topological polar surface area (TPSA) is 146 Å². The number of hydrazine groups is 1. The van der Waals surface area contributed by atoms with E-state index >= 15 is 4.79 Å². The molecular formula is C41H28Cl2F6N4O7. The van der Waals surface area contributed by atoms with Crippen molar-refractivity contribution in [3.63, 3.8) is 0 Å². The first-order valence-electron chi connectivity index (χ1n) is 18.1. The van der Waals surface area contributed by atoms with E-state index in [4.69, 9.17) is 23.2 Å². The van der Waals surface area contributed by atoms with Gasteiger partial charge in [-0.05, 0) is 91.9 Å². The number of anilines is 2. The van der Waals surface area contributed by atoms with Crippen molar-refractivity contribution in [2.75, 3.05) is 10.3 Å². The largest absolute Gasteiger partial charge is 0.573 e. The Morgan fingerprint density at radius 3 is 2.20 bits per heavy atom. The number of pyridine rings is 1. The number of amides is 4. The van der Waals surface area contributed by atoms with Gasteiger partial charge in [0.15, 0.2) is 11.6 Å². The molecule has 0 bridgehead atoms. The maximum absolute atomic E-state index is 15.3. The number of carbonyl (C=O) groups is 5. The molecule has 8 rings (SSSR count). The van der Waals surface area contributed by atoms with Gasteiger partial charge < -0.3 is 9.84 Å². The number of benzene rings is 3. The highest BCUT2D eigenvalue weighted by atomic mass is 35.5. The maximum atomic E-state index is 15.3. The van der Waals surface area contributed by atoms with Crippen LogP contribution in [0, 0.1) is 23.7 Å². The summed E-state index contributed by atoms with van der Waals surface area (Å²) >= 11 is 12.5. The quantitative estimate of drug-likeness (QED) is 0.0809. The van der Waals surface area contributed by atoms with Crippen LogP contribution in [0.1, 0.15) is 52.7 Å². The number of ether oxygens (including phenoxy) is 1. The van der Waals surface area contributed by atoms with Crippen molar-refractivity contribution < 1.29 is 60.2 Å². The number of allylic oxidation sites excluding steroid dienone is 2. The zero-order chi connectivity index (χ0) is 43.2. The number of nitrogens with one attached hydrogen (secondary N) is 1. The third kappa shape index (κ3) is 6.54. The van der Waals surface area contributed by atoms with Crippen molar-refractivity contribution in [1.29, 1.82) is 0 Å². The zero-order valence-corrected chi connectivity index (χ0v) is 32.2. The fraction of sp³-hybridized carbons (Fsp3) is 0.268. The van der Waals surface area contributed by atoms with Gasteiger partial charge in [0.25, 0.3) is 11.8 Å². The van der Waals surface area contributed by atoms with Crippen LogP contribution in [0.15, 0.2) is 90.6 Å². The van der Waals surface area contributed by atoms with Gasteiger partial charge in [-0.3, -0.25) is 34.3 Å². The molecule has 19 heteroatoms. The van der Waals surface area contributed by atoms with Crippen LogP contribution in [-0.2, 0) is 30.8 Å². The number of ketones is 1. The second kappa shape index (κ2) is 14.4. The minimum absolute atomic E-state index is 0.0973. The number of nitrogens with zero attached hydrogens (tertiary/aromatic N) is 3. The molecule has 3 heterocycles. The van der Waals surface area contributed by atoms with Gasteiger partial charge in [0.1, 0.15) is 11.5 Å². The molecular weight excluding hydrogens is 845 g/mol. The lowest BCUT2D eigenvalue weighted by Gasteiger charge is -2.50. The average Bonchev–Trinajstić information content (AvgIpc) is 3.56. The van der Waals surface area contributed by atoms with Crippen LogP contribution in [-0.4, -0.2) is 50.9 Å². The Morgan fingerprint density at radius 2 is 1.58 bits per heavy atom. The Kier molecular flexibility index (Phi) is 9.77. The number of carbonyl (C=O) groups excluding carboxylic acids is 5. The van der Waals surface area contributed by atoms with Gasteiger partial charge >= 0.3 is 12.5 Å². The van der Waals surface area contributed by atoms with Gasteiger partial charge in [0.2, 0.25) is 11.8 Å². The van der Waals surface area contributed by atoms with Crippen LogP contribution in [0.2, 0.25) is 10.0 Å². The standard InChI is InChI=1S/C41H28Cl2F6N4O7/c1-18(54)19-2-8-23(9-3-19)52-35(56)26-12-11-25-27(32(26)37(52)58)16-29-36(57)53(51-34-30(43)14-21(17-50-34)40(44,45)46)38(59)39(29,20-4-6-22(42)7-5-20)33(25)28-15-24(10-13-31(28)55)60-41(47,48)49/h2-11,13-15,17,26-27,29,32-33,55H,12,16H2,1H3,(H,50,51)/t26-,27+,29-,32-,33+,39+/m0/s1. The van der Waals surface area contributed by atoms with Crippen LogP contribution in [0.5, 0.6) is 11.5 Å². The summed E-state index contributed by atoms with van der Waals surface area (Å²) < 4.78 is 85.7. The minimum Gasteiger partial charge on any atom is -0.508 e. The summed E-state index contributed by atoms with van der Waals surface area (Å²) in [6.07, 6.45) is -8.45. The van der Waals surface area contributed by atoms with Gasteiger partial charge in [0.05, 0.1) is 39.4 Å². The van der Waals surface area contributed by atoms with E-state index in [2.05, 4.69) is 15.1 Å². The minimum atomic E-state index is -5.20. The third-order valence-electron chi connectivity index (χ3n) is 11.6. The van der Waals surface area contributed by atoms with E-state index in [1.54, 1.807) is 6.08 Å². The molecule has 2 N–H and O–H groups in total. The summed E-state index contributed by atoms with van der Waals surface area (Å²) in [5.41, 5.74) is -0.436. The van der Waals surface area contributed by atoms with Crippen LogP contribution >= 0.6 is 23.2 Å². The summed E-state index contributed by atoms with van der Waals surface area (Å²) in [4.78, 5) is 75.4. The lowest BCUT2D eigenvalue weighted by Crippen LogP contribution is -2.53. The van der Waals surface area contributed by atoms with Crippen LogP contribution in [0.4, 0.5) is 37.8 Å². The van der Waals surface area contributed by atoms with E-state index in [9.17, 15) is 50.6 Å². The molecule has 3 fully saturated rings. The number of hydrogen-bond donors (Lipinski definition) is 2. The fourth-order valence-electron chi connectivity index (χ4n) is 9.19. The van der Waals surface area contributed by atoms with Crippen LogP contribution in [0.25, 0.3) is 0 Å². The van der Waals surface area contributed by atoms with Crippen LogP contribution < -0.4 is 15.1 Å². The van der Waals surface area contributed by atoms with E-state index < -0.39 is 99.1 Å². The average molecular weight is 874 g/mol. The summed E-state index contributed by atoms with van der Waals surface area (Å²) in [6.45, 7) is 1.34. The molecule has 1 aromatic heterocycles. The van der Waals surface area contributed by atoms with Gasteiger partial charge in [-0.1, -0.05) is 47.0 Å². The number of halogens is 8. The summed E-state index contributed by atoms with van der Waals surface area (Å²) in [7, 11) is 0. The molecule has 2 saturated heterocycles. The van der Waals surface area contributed by atoms with E-state index in [0.29, 0.717) is 22.8 Å². The molecule has 2 aliphatic carbocycles. The molecule has 11 nitrogen and oxygen atoms in total. The molecule has 2 aliphatic heterocycles. The molecule has 1 saturated carbocycles. The first kappa shape index (κ1) is 40.8. The number of phenolic OH excluding ortho intramolecular Hbond substituents is 1. The number of Topliss-reactive ketones (excluding diaryl/α,β-unsaturated/α-hetero) is 1. The molecule has 60 heavy (non-hydrogen) atoms. The molecule has 310 valence electrons. The second-order valence-corrected chi connectivity index (χ2v) is 15.6. The first-order chi connectivity index (χ1) is 28.2. The Hall–Kier alpha value is -5.94. The number of phenols is 1.